The van der Waals surface area contributed by atoms with Crippen LogP contribution in [0.3, 0.4) is 0 Å². The van der Waals surface area contributed by atoms with Crippen LogP contribution in [0.15, 0.2) is 18.2 Å². The number of nitrogens with one attached hydrogen (secondary N) is 2. The van der Waals surface area contributed by atoms with Crippen molar-refractivity contribution in [3.8, 4) is 0 Å². The molecule has 0 radical (unpaired) electrons. The average Bonchev–Trinajstić information content (AvgIpc) is 2.86. The van der Waals surface area contributed by atoms with Crippen molar-refractivity contribution in [2.24, 2.45) is 5.92 Å². The summed E-state index contributed by atoms with van der Waals surface area (Å²) in [7, 11) is 0. The molecule has 2 atom stereocenters. The predicted octanol–water partition coefficient (Wildman–Crippen LogP) is 1.37. The highest BCUT2D eigenvalue weighted by molar-refractivity contribution is 5.97. The number of benzene rings is 1. The zero-order chi connectivity index (χ0) is 14.1. The van der Waals surface area contributed by atoms with Crippen LogP contribution >= 0.6 is 0 Å². The summed E-state index contributed by atoms with van der Waals surface area (Å²) in [5.74, 6) is 0.380. The minimum Gasteiger partial charge on any atom is -0.394 e. The fourth-order valence-electron chi connectivity index (χ4n) is 3.08. The van der Waals surface area contributed by atoms with Gasteiger partial charge in [0, 0.05) is 25.2 Å². The summed E-state index contributed by atoms with van der Waals surface area (Å²) >= 11 is 0. The van der Waals surface area contributed by atoms with Crippen molar-refractivity contribution >= 4 is 17.3 Å². The number of nitrogens with zero attached hydrogens (tertiary/aromatic N) is 1. The molecule has 1 amide bonds. The first kappa shape index (κ1) is 13.2. The van der Waals surface area contributed by atoms with Crippen molar-refractivity contribution < 1.29 is 9.90 Å². The van der Waals surface area contributed by atoms with Gasteiger partial charge in [0.05, 0.1) is 24.0 Å². The number of aliphatic hydroxyl groups excluding tert-OH is 1. The van der Waals surface area contributed by atoms with Gasteiger partial charge in [-0.2, -0.15) is 0 Å². The number of anilines is 2. The smallest absolute Gasteiger partial charge is 0.254 e. The van der Waals surface area contributed by atoms with E-state index in [1.807, 2.05) is 23.1 Å². The summed E-state index contributed by atoms with van der Waals surface area (Å²) in [6, 6.07) is 5.66. The fraction of sp³-hybridized carbons (Fsp3) is 0.533. The van der Waals surface area contributed by atoms with E-state index in [2.05, 4.69) is 17.6 Å². The van der Waals surface area contributed by atoms with Gasteiger partial charge in [-0.05, 0) is 30.5 Å². The summed E-state index contributed by atoms with van der Waals surface area (Å²) in [5.41, 5.74) is 2.71. The second-order valence-electron chi connectivity index (χ2n) is 5.63. The molecular formula is C15H21N3O2. The molecule has 0 bridgehead atoms. The van der Waals surface area contributed by atoms with E-state index < -0.39 is 0 Å². The van der Waals surface area contributed by atoms with Gasteiger partial charge >= 0.3 is 0 Å². The minimum atomic E-state index is -0.0513. The van der Waals surface area contributed by atoms with Crippen LogP contribution in [0.5, 0.6) is 0 Å². The lowest BCUT2D eigenvalue weighted by molar-refractivity contribution is 0.0648. The summed E-state index contributed by atoms with van der Waals surface area (Å²) < 4.78 is 0. The maximum absolute atomic E-state index is 12.6. The van der Waals surface area contributed by atoms with Gasteiger partial charge in [0.15, 0.2) is 0 Å². The van der Waals surface area contributed by atoms with Crippen molar-refractivity contribution in [3.05, 3.63) is 23.8 Å². The van der Waals surface area contributed by atoms with E-state index in [9.17, 15) is 9.90 Å². The van der Waals surface area contributed by atoms with Crippen molar-refractivity contribution in [2.45, 2.75) is 19.4 Å². The van der Waals surface area contributed by atoms with E-state index in [0.29, 0.717) is 11.5 Å². The molecule has 2 aliphatic rings. The largest absolute Gasteiger partial charge is 0.394 e. The number of carbonyl (C=O) groups excluding carboxylic acids is 1. The van der Waals surface area contributed by atoms with Crippen LogP contribution in [-0.2, 0) is 0 Å². The molecule has 1 aromatic carbocycles. The average molecular weight is 275 g/mol. The van der Waals surface area contributed by atoms with Crippen LogP contribution in [0.25, 0.3) is 0 Å². The normalized spacial score (nSPS) is 24.8. The number of fused-ring (bicyclic) bond motifs is 1. The molecule has 2 unspecified atom stereocenters. The van der Waals surface area contributed by atoms with Gasteiger partial charge in [-0.3, -0.25) is 4.79 Å². The number of carbonyl (C=O) groups is 1. The van der Waals surface area contributed by atoms with E-state index in [1.165, 1.54) is 0 Å². The third kappa shape index (κ3) is 2.22. The molecule has 2 aliphatic heterocycles. The van der Waals surface area contributed by atoms with Crippen LogP contribution in [0, 0.1) is 5.92 Å². The third-order valence-corrected chi connectivity index (χ3v) is 4.35. The Morgan fingerprint density at radius 2 is 2.10 bits per heavy atom. The number of aliphatic hydroxyl groups is 1. The Bertz CT molecular complexity index is 518. The minimum absolute atomic E-state index is 0.0172. The maximum Gasteiger partial charge on any atom is 0.254 e. The van der Waals surface area contributed by atoms with Gasteiger partial charge in [-0.1, -0.05) is 6.92 Å². The summed E-state index contributed by atoms with van der Waals surface area (Å²) in [4.78, 5) is 14.4. The first-order valence-corrected chi connectivity index (χ1v) is 7.24. The maximum atomic E-state index is 12.6. The zero-order valence-corrected chi connectivity index (χ0v) is 11.7. The Balaban J connectivity index is 1.83. The molecule has 3 N–H and O–H groups in total. The van der Waals surface area contributed by atoms with Gasteiger partial charge in [-0.15, -0.1) is 0 Å². The van der Waals surface area contributed by atoms with Gasteiger partial charge < -0.3 is 20.6 Å². The number of hydrogen-bond donors (Lipinski definition) is 3. The number of hydrogen-bond acceptors (Lipinski definition) is 4. The van der Waals surface area contributed by atoms with E-state index in [-0.39, 0.29) is 18.6 Å². The molecular weight excluding hydrogens is 254 g/mol. The molecule has 2 heterocycles. The molecule has 0 spiro atoms. The van der Waals surface area contributed by atoms with Gasteiger partial charge in [0.25, 0.3) is 5.91 Å². The third-order valence-electron chi connectivity index (χ3n) is 4.35. The van der Waals surface area contributed by atoms with Gasteiger partial charge in [0.2, 0.25) is 0 Å². The van der Waals surface area contributed by atoms with E-state index in [4.69, 9.17) is 0 Å². The molecule has 1 fully saturated rings. The van der Waals surface area contributed by atoms with E-state index in [1.54, 1.807) is 0 Å². The van der Waals surface area contributed by atoms with Crippen molar-refractivity contribution in [1.82, 2.24) is 4.90 Å². The van der Waals surface area contributed by atoms with Crippen molar-refractivity contribution in [2.75, 3.05) is 36.9 Å². The Morgan fingerprint density at radius 1 is 1.35 bits per heavy atom. The Morgan fingerprint density at radius 3 is 2.85 bits per heavy atom. The van der Waals surface area contributed by atoms with Crippen molar-refractivity contribution in [1.29, 1.82) is 0 Å². The molecule has 5 nitrogen and oxygen atoms in total. The molecule has 20 heavy (non-hydrogen) atoms. The van der Waals surface area contributed by atoms with E-state index >= 15 is 0 Å². The highest BCUT2D eigenvalue weighted by Crippen LogP contribution is 2.29. The van der Waals surface area contributed by atoms with E-state index in [0.717, 1.165) is 37.4 Å². The Labute approximate surface area is 119 Å². The fourth-order valence-corrected chi connectivity index (χ4v) is 3.08. The highest BCUT2D eigenvalue weighted by Gasteiger charge is 2.34. The second-order valence-corrected chi connectivity index (χ2v) is 5.63. The molecule has 0 aliphatic carbocycles. The second kappa shape index (κ2) is 5.32. The molecule has 1 aromatic rings. The SMILES string of the molecule is CC1CCN(C(=O)c2ccc3c(c2)NCCN3)C1CO. The quantitative estimate of drug-likeness (QED) is 0.762. The lowest BCUT2D eigenvalue weighted by Gasteiger charge is -2.26. The molecule has 108 valence electrons. The molecule has 0 aromatic heterocycles. The van der Waals surface area contributed by atoms with Crippen LogP contribution in [0.1, 0.15) is 23.7 Å². The first-order valence-electron chi connectivity index (χ1n) is 7.24. The van der Waals surface area contributed by atoms with Crippen LogP contribution in [0.4, 0.5) is 11.4 Å². The summed E-state index contributed by atoms with van der Waals surface area (Å²) in [6.07, 6.45) is 0.960. The van der Waals surface area contributed by atoms with Crippen LogP contribution < -0.4 is 10.6 Å². The Kier molecular flexibility index (Phi) is 3.53. The molecule has 5 heteroatoms. The lowest BCUT2D eigenvalue weighted by atomic mass is 10.0. The standard InChI is InChI=1S/C15H21N3O2/c1-10-4-7-18(14(10)9-19)15(20)11-2-3-12-13(8-11)17-6-5-16-12/h2-3,8,10,14,16-17,19H,4-7,9H2,1H3. The molecule has 3 rings (SSSR count). The lowest BCUT2D eigenvalue weighted by Crippen LogP contribution is -2.39. The number of amides is 1. The molecule has 0 saturated carbocycles. The summed E-state index contributed by atoms with van der Waals surface area (Å²) in [6.45, 7) is 4.62. The van der Waals surface area contributed by atoms with Crippen LogP contribution in [0.2, 0.25) is 0 Å². The summed E-state index contributed by atoms with van der Waals surface area (Å²) in [5, 5.41) is 16.1. The topological polar surface area (TPSA) is 64.6 Å². The predicted molar refractivity (Wildman–Crippen MR) is 79.1 cm³/mol. The van der Waals surface area contributed by atoms with Gasteiger partial charge in [-0.25, -0.2) is 0 Å². The zero-order valence-electron chi connectivity index (χ0n) is 11.7. The highest BCUT2D eigenvalue weighted by atomic mass is 16.3. The van der Waals surface area contributed by atoms with Crippen LogP contribution in [-0.4, -0.2) is 48.2 Å². The Hall–Kier alpha value is -1.75. The molecule has 1 saturated heterocycles. The first-order chi connectivity index (χ1) is 9.70. The van der Waals surface area contributed by atoms with Crippen molar-refractivity contribution in [3.63, 3.8) is 0 Å². The number of rotatable bonds is 2. The monoisotopic (exact) mass is 275 g/mol. The number of likely N-dealkylation sites (tertiary alicyclic amines) is 1. The van der Waals surface area contributed by atoms with Gasteiger partial charge in [0.1, 0.15) is 0 Å².